The number of nitrogens with zero attached hydrogens (tertiary/aromatic N) is 7. The third-order valence-corrected chi connectivity index (χ3v) is 7.23. The van der Waals surface area contributed by atoms with Gasteiger partial charge >= 0.3 is 0 Å². The van der Waals surface area contributed by atoms with E-state index in [2.05, 4.69) is 105 Å². The Morgan fingerprint density at radius 1 is 0.763 bits per heavy atom. The number of hydrogen-bond donors (Lipinski definition) is 0. The number of benzene rings is 4. The van der Waals surface area contributed by atoms with Gasteiger partial charge in [-0.25, -0.2) is 9.78 Å². The van der Waals surface area contributed by atoms with Crippen molar-refractivity contribution in [2.75, 3.05) is 16.8 Å². The molecule has 5 aromatic rings. The summed E-state index contributed by atoms with van der Waals surface area (Å²) in [5.41, 5.74) is 11.1. The second-order valence-corrected chi connectivity index (χ2v) is 9.32. The van der Waals surface area contributed by atoms with Crippen molar-refractivity contribution in [3.8, 4) is 27.9 Å². The van der Waals surface area contributed by atoms with Crippen LogP contribution < -0.4 is 20.6 Å². The van der Waals surface area contributed by atoms with E-state index in [1.807, 2.05) is 31.2 Å². The summed E-state index contributed by atoms with van der Waals surface area (Å²) in [6.45, 7) is 1.83. The van der Waals surface area contributed by atoms with Crippen LogP contribution in [0.3, 0.4) is 0 Å². The van der Waals surface area contributed by atoms with E-state index >= 15 is 0 Å². The number of fused-ring (bicyclic) bond motifs is 11. The van der Waals surface area contributed by atoms with Crippen molar-refractivity contribution in [1.82, 2.24) is 20.0 Å². The van der Waals surface area contributed by atoms with Crippen molar-refractivity contribution in [2.24, 2.45) is 5.10 Å². The first-order valence-corrected chi connectivity index (χ1v) is 12.1. The monoisotopic (exact) mass is 582 g/mol. The van der Waals surface area contributed by atoms with Crippen molar-refractivity contribution in [2.45, 2.75) is 0 Å². The molecule has 3 aliphatic rings. The van der Waals surface area contributed by atoms with Crippen LogP contribution in [0.25, 0.3) is 27.9 Å². The first-order chi connectivity index (χ1) is 18.3. The van der Waals surface area contributed by atoms with Gasteiger partial charge in [0.25, 0.3) is 6.85 Å². The molecule has 186 valence electrons. The molecule has 0 atom stereocenters. The number of anilines is 3. The molecule has 4 aromatic carbocycles. The van der Waals surface area contributed by atoms with Crippen molar-refractivity contribution in [1.29, 1.82) is 0 Å². The van der Waals surface area contributed by atoms with Gasteiger partial charge in [0.15, 0.2) is 0 Å². The van der Waals surface area contributed by atoms with Crippen LogP contribution in [0.1, 0.15) is 0 Å². The molecule has 7 nitrogen and oxygen atoms in total. The predicted octanol–water partition coefficient (Wildman–Crippen LogP) is 3.58. The largest absolute Gasteiger partial charge is 0.483 e. The molecule has 0 spiro atoms. The molecule has 1 aromatic heterocycles. The second kappa shape index (κ2) is 8.69. The van der Waals surface area contributed by atoms with Gasteiger partial charge in [0, 0.05) is 38.0 Å². The van der Waals surface area contributed by atoms with Crippen molar-refractivity contribution in [3.63, 3.8) is 0 Å². The molecule has 0 saturated heterocycles. The van der Waals surface area contributed by atoms with Gasteiger partial charge < -0.3 is 14.7 Å². The average Bonchev–Trinajstić information content (AvgIpc) is 3.65. The topological polar surface area (TPSA) is 52.8 Å². The van der Waals surface area contributed by atoms with Gasteiger partial charge in [-0.2, -0.15) is 35.2 Å². The molecule has 0 unspecified atom stereocenters. The molecule has 4 heterocycles. The molecule has 0 saturated carbocycles. The zero-order chi connectivity index (χ0) is 24.5. The zero-order valence-corrected chi connectivity index (χ0v) is 21.8. The Balaban J connectivity index is 0.00000242. The summed E-state index contributed by atoms with van der Waals surface area (Å²) in [7, 11) is 1.92. The minimum atomic E-state index is -0.115. The molecule has 0 amide bonds. The molecular weight excluding hydrogens is 564 g/mol. The maximum atomic E-state index is 4.36. The summed E-state index contributed by atoms with van der Waals surface area (Å²) in [5, 5.41) is 14.4. The fraction of sp³-hybridized carbons (Fsp3) is 0.0345. The Bertz CT molecular complexity index is 1720. The van der Waals surface area contributed by atoms with E-state index in [4.69, 9.17) is 0 Å². The third kappa shape index (κ3) is 3.29. The Hall–Kier alpha value is -4.18. The van der Waals surface area contributed by atoms with E-state index in [0.29, 0.717) is 0 Å². The first-order valence-electron chi connectivity index (χ1n) is 12.1. The summed E-state index contributed by atoms with van der Waals surface area (Å²) in [4.78, 5) is 4.43. The number of hydrogen-bond acceptors (Lipinski definition) is 6. The molecule has 3 aliphatic heterocycles. The zero-order valence-electron chi connectivity index (χ0n) is 20.3. The number of hydrazone groups is 1. The quantitative estimate of drug-likeness (QED) is 0.235. The molecule has 8 rings (SSSR count). The molecule has 0 fully saturated rings. The summed E-state index contributed by atoms with van der Waals surface area (Å²) >= 11 is 0. The van der Waals surface area contributed by atoms with E-state index in [0.717, 1.165) is 22.3 Å². The number of aromatic nitrogens is 3. The minimum absolute atomic E-state index is 0. The fourth-order valence-electron chi connectivity index (χ4n) is 5.65. The SMILES string of the molecule is CN1[CH-]N(c2[c-]c3c(cc2)-c2ccccc2N2B3c3[c-]c(-n4ccnn4)ccc3-c3ccccc32)C=N1.[Pd]. The average molecular weight is 583 g/mol. The van der Waals surface area contributed by atoms with E-state index < -0.39 is 0 Å². The molecule has 9 heteroatoms. The van der Waals surface area contributed by atoms with Gasteiger partial charge in [-0.1, -0.05) is 52.7 Å². The third-order valence-electron chi connectivity index (χ3n) is 7.23. The number of rotatable bonds is 2. The van der Waals surface area contributed by atoms with Gasteiger partial charge in [0.1, 0.15) is 0 Å². The van der Waals surface area contributed by atoms with Gasteiger partial charge in [-0.3, -0.25) is 0 Å². The van der Waals surface area contributed by atoms with Crippen molar-refractivity contribution in [3.05, 3.63) is 104 Å². The van der Waals surface area contributed by atoms with E-state index in [1.54, 1.807) is 15.9 Å². The summed E-state index contributed by atoms with van der Waals surface area (Å²) < 4.78 is 1.76. The van der Waals surface area contributed by atoms with Crippen LogP contribution in [0.4, 0.5) is 17.1 Å². The van der Waals surface area contributed by atoms with Crippen molar-refractivity contribution >= 4 is 41.2 Å². The first kappa shape index (κ1) is 23.0. The predicted molar refractivity (Wildman–Crippen MR) is 147 cm³/mol. The molecule has 0 aliphatic carbocycles. The summed E-state index contributed by atoms with van der Waals surface area (Å²) in [5.74, 6) is 0. The van der Waals surface area contributed by atoms with Crippen LogP contribution in [-0.4, -0.2) is 40.2 Å². The van der Waals surface area contributed by atoms with Crippen LogP contribution in [0.15, 0.2) is 90.3 Å². The molecule has 38 heavy (non-hydrogen) atoms. The van der Waals surface area contributed by atoms with Crippen LogP contribution in [-0.2, 0) is 20.4 Å². The van der Waals surface area contributed by atoms with E-state index in [9.17, 15) is 0 Å². The Kier molecular flexibility index (Phi) is 5.26. The molecule has 0 bridgehead atoms. The van der Waals surface area contributed by atoms with E-state index in [1.165, 1.54) is 33.6 Å². The normalized spacial score (nSPS) is 14.3. The summed E-state index contributed by atoms with van der Waals surface area (Å²) in [6, 6.07) is 33.3. The Morgan fingerprint density at radius 2 is 1.39 bits per heavy atom. The number of para-hydroxylation sites is 2. The second-order valence-electron chi connectivity index (χ2n) is 9.32. The Labute approximate surface area is 234 Å². The maximum absolute atomic E-state index is 4.36. The van der Waals surface area contributed by atoms with Crippen LogP contribution >= 0.6 is 0 Å². The van der Waals surface area contributed by atoms with Crippen LogP contribution in [0.5, 0.6) is 0 Å². The maximum Gasteiger partial charge on any atom is 0.278 e. The molecular formula is C29H19BN7Pd-3. The Morgan fingerprint density at radius 3 is 2.00 bits per heavy atom. The van der Waals surface area contributed by atoms with Crippen LogP contribution in [0.2, 0.25) is 0 Å². The van der Waals surface area contributed by atoms with Crippen molar-refractivity contribution < 1.29 is 20.4 Å². The smallest absolute Gasteiger partial charge is 0.278 e. The minimum Gasteiger partial charge on any atom is -0.483 e. The van der Waals surface area contributed by atoms with Crippen LogP contribution in [0, 0.1) is 18.8 Å². The van der Waals surface area contributed by atoms with Gasteiger partial charge in [0.05, 0.1) is 12.5 Å². The van der Waals surface area contributed by atoms with E-state index in [-0.39, 0.29) is 27.3 Å². The summed E-state index contributed by atoms with van der Waals surface area (Å²) in [6.07, 6.45) is 5.35. The van der Waals surface area contributed by atoms with Gasteiger partial charge in [-0.15, -0.1) is 40.7 Å². The standard InChI is InChI=1S/C29H19BN7.Pd/c1-34-19-35(18-32-34)20-10-12-22-24-6-2-4-8-28(24)37-29-9-5-3-7-25(29)23-13-11-21(36-15-14-31-33-36)17-27(23)30(37)26(22)16-20;/h2-15,18-19H,1H3;/q-3;. The molecule has 0 radical (unpaired) electrons. The van der Waals surface area contributed by atoms with Gasteiger partial charge in [0.2, 0.25) is 0 Å². The van der Waals surface area contributed by atoms with Gasteiger partial charge in [-0.05, 0) is 24.9 Å². The molecule has 0 N–H and O–H groups in total. The fourth-order valence-corrected chi connectivity index (χ4v) is 5.65.